The maximum atomic E-state index is 12.8. The summed E-state index contributed by atoms with van der Waals surface area (Å²) in [7, 11) is 1.52. The van der Waals surface area contributed by atoms with Crippen LogP contribution in [0.4, 0.5) is 5.69 Å². The first-order valence-corrected chi connectivity index (χ1v) is 9.21. The molecule has 1 amide bonds. The molecule has 0 saturated heterocycles. The largest absolute Gasteiger partial charge is 0.495 e. The lowest BCUT2D eigenvalue weighted by Gasteiger charge is -2.18. The summed E-state index contributed by atoms with van der Waals surface area (Å²) in [6.45, 7) is 1.83. The predicted molar refractivity (Wildman–Crippen MR) is 110 cm³/mol. The molecule has 28 heavy (non-hydrogen) atoms. The number of rotatable bonds is 6. The third kappa shape index (κ3) is 4.23. The maximum absolute atomic E-state index is 12.8. The van der Waals surface area contributed by atoms with Crippen molar-refractivity contribution in [2.75, 3.05) is 12.4 Å². The third-order valence-electron chi connectivity index (χ3n) is 4.30. The number of hydrogen-bond donors (Lipinski definition) is 1. The van der Waals surface area contributed by atoms with E-state index in [2.05, 4.69) is 10.4 Å². The minimum absolute atomic E-state index is 0.338. The number of anilines is 1. The molecule has 0 spiro atoms. The molecule has 7 heteroatoms. The number of nitrogens with one attached hydrogen (secondary N) is 1. The highest BCUT2D eigenvalue weighted by Gasteiger charge is 2.22. The molecule has 3 rings (SSSR count). The number of carbonyl (C=O) groups is 1. The van der Waals surface area contributed by atoms with Gasteiger partial charge in [0, 0.05) is 17.3 Å². The monoisotopic (exact) mass is 397 g/mol. The van der Waals surface area contributed by atoms with Crippen LogP contribution in [0.5, 0.6) is 5.75 Å². The fourth-order valence-electron chi connectivity index (χ4n) is 2.85. The minimum atomic E-state index is -0.753. The number of benzene rings is 2. The van der Waals surface area contributed by atoms with Gasteiger partial charge in [-0.2, -0.15) is 5.10 Å². The highest BCUT2D eigenvalue weighted by molar-refractivity contribution is 6.32. The molecule has 0 saturated carbocycles. The Morgan fingerprint density at radius 2 is 1.93 bits per heavy atom. The Morgan fingerprint density at radius 1 is 1.18 bits per heavy atom. The fourth-order valence-corrected chi connectivity index (χ4v) is 3.11. The maximum Gasteiger partial charge on any atom is 0.267 e. The number of carbonyl (C=O) groups excluding carboxylic acids is 1. The lowest BCUT2D eigenvalue weighted by molar-refractivity contribution is -0.119. The van der Waals surface area contributed by atoms with Crippen LogP contribution in [0.3, 0.4) is 0 Å². The number of halogens is 1. The number of aromatic nitrogens is 2. The molecule has 6 nitrogen and oxygen atoms in total. The smallest absolute Gasteiger partial charge is 0.267 e. The summed E-state index contributed by atoms with van der Waals surface area (Å²) in [5, 5.41) is 7.59. The van der Waals surface area contributed by atoms with Gasteiger partial charge in [0.05, 0.1) is 17.8 Å². The first-order chi connectivity index (χ1) is 13.5. The molecule has 3 aromatic rings. The van der Waals surface area contributed by atoms with Crippen molar-refractivity contribution in [2.24, 2.45) is 0 Å². The van der Waals surface area contributed by atoms with Crippen molar-refractivity contribution in [1.82, 2.24) is 9.78 Å². The van der Waals surface area contributed by atoms with Gasteiger partial charge >= 0.3 is 0 Å². The van der Waals surface area contributed by atoms with Crippen LogP contribution in [-0.4, -0.2) is 22.8 Å². The molecule has 0 aliphatic rings. The molecule has 0 radical (unpaired) electrons. The van der Waals surface area contributed by atoms with E-state index in [4.69, 9.17) is 16.3 Å². The summed E-state index contributed by atoms with van der Waals surface area (Å²) in [5.74, 6) is 0.170. The zero-order valence-electron chi connectivity index (χ0n) is 15.6. The van der Waals surface area contributed by atoms with Crippen molar-refractivity contribution in [2.45, 2.75) is 19.4 Å². The number of methoxy groups -OCH3 is 1. The molecule has 0 aliphatic carbocycles. The second-order valence-corrected chi connectivity index (χ2v) is 6.54. The van der Waals surface area contributed by atoms with Crippen molar-refractivity contribution in [1.29, 1.82) is 0 Å². The van der Waals surface area contributed by atoms with Crippen LogP contribution in [0.15, 0.2) is 65.5 Å². The Kier molecular flexibility index (Phi) is 6.11. The number of hydrogen-bond acceptors (Lipinski definition) is 4. The molecule has 1 N–H and O–H groups in total. The van der Waals surface area contributed by atoms with E-state index in [-0.39, 0.29) is 11.5 Å². The Balaban J connectivity index is 1.89. The van der Waals surface area contributed by atoms with Crippen LogP contribution in [0.25, 0.3) is 11.3 Å². The zero-order valence-corrected chi connectivity index (χ0v) is 16.3. The SMILES string of the molecule is CCC(C(=O)Nc1ccc(OC)c(Cl)c1)n1nc(-c2ccccc2)ccc1=O. The Hall–Kier alpha value is -3.12. The lowest BCUT2D eigenvalue weighted by atomic mass is 10.1. The average molecular weight is 398 g/mol. The van der Waals surface area contributed by atoms with E-state index >= 15 is 0 Å². The third-order valence-corrected chi connectivity index (χ3v) is 4.59. The molecular formula is C21H20ClN3O3. The first-order valence-electron chi connectivity index (χ1n) is 8.83. The van der Waals surface area contributed by atoms with Crippen molar-refractivity contribution in [3.63, 3.8) is 0 Å². The van der Waals surface area contributed by atoms with Crippen molar-refractivity contribution in [3.05, 3.63) is 76.0 Å². The van der Waals surface area contributed by atoms with Gasteiger partial charge in [0.2, 0.25) is 5.91 Å². The molecule has 1 heterocycles. The highest BCUT2D eigenvalue weighted by atomic mass is 35.5. The molecule has 2 aromatic carbocycles. The van der Waals surface area contributed by atoms with E-state index in [0.29, 0.717) is 28.6 Å². The molecule has 0 bridgehead atoms. The van der Waals surface area contributed by atoms with Gasteiger partial charge in [-0.25, -0.2) is 4.68 Å². The zero-order chi connectivity index (χ0) is 20.1. The molecule has 0 fully saturated rings. The van der Waals surface area contributed by atoms with Gasteiger partial charge in [0.1, 0.15) is 11.8 Å². The van der Waals surface area contributed by atoms with Crippen LogP contribution < -0.4 is 15.6 Å². The normalized spacial score (nSPS) is 11.7. The van der Waals surface area contributed by atoms with Crippen LogP contribution in [0.2, 0.25) is 5.02 Å². The molecule has 1 aromatic heterocycles. The van der Waals surface area contributed by atoms with Crippen molar-refractivity contribution in [3.8, 4) is 17.0 Å². The fraction of sp³-hybridized carbons (Fsp3) is 0.190. The van der Waals surface area contributed by atoms with Gasteiger partial charge in [-0.1, -0.05) is 48.9 Å². The summed E-state index contributed by atoms with van der Waals surface area (Å²) in [6, 6.07) is 16.8. The molecule has 144 valence electrons. The Labute approximate surface area is 167 Å². The molecule has 0 aliphatic heterocycles. The number of ether oxygens (including phenoxy) is 1. The summed E-state index contributed by atoms with van der Waals surface area (Å²) < 4.78 is 6.34. The van der Waals surface area contributed by atoms with Gasteiger partial charge in [-0.15, -0.1) is 0 Å². The quantitative estimate of drug-likeness (QED) is 0.677. The highest BCUT2D eigenvalue weighted by Crippen LogP contribution is 2.27. The first kappa shape index (κ1) is 19.6. The average Bonchev–Trinajstić information content (AvgIpc) is 2.71. The standard InChI is InChI=1S/C21H20ClN3O3/c1-3-18(21(27)23-15-9-11-19(28-2)16(22)13-15)25-20(26)12-10-17(24-25)14-7-5-4-6-8-14/h4-13,18H,3H2,1-2H3,(H,23,27). The van der Waals surface area contributed by atoms with E-state index in [1.54, 1.807) is 24.3 Å². The lowest BCUT2D eigenvalue weighted by Crippen LogP contribution is -2.34. The van der Waals surface area contributed by atoms with Gasteiger partial charge in [-0.3, -0.25) is 9.59 Å². The van der Waals surface area contributed by atoms with E-state index in [1.807, 2.05) is 37.3 Å². The molecule has 1 unspecified atom stereocenters. The summed E-state index contributed by atoms with van der Waals surface area (Å²) in [5.41, 5.74) is 1.67. The van der Waals surface area contributed by atoms with Crippen molar-refractivity contribution >= 4 is 23.2 Å². The summed E-state index contributed by atoms with van der Waals surface area (Å²) >= 11 is 6.11. The van der Waals surface area contributed by atoms with Gasteiger partial charge < -0.3 is 10.1 Å². The topological polar surface area (TPSA) is 73.2 Å². The second kappa shape index (κ2) is 8.71. The van der Waals surface area contributed by atoms with E-state index in [9.17, 15) is 9.59 Å². The van der Waals surface area contributed by atoms with E-state index < -0.39 is 6.04 Å². The van der Waals surface area contributed by atoms with Gasteiger partial charge in [0.15, 0.2) is 0 Å². The minimum Gasteiger partial charge on any atom is -0.495 e. The van der Waals surface area contributed by atoms with Crippen LogP contribution in [0.1, 0.15) is 19.4 Å². The van der Waals surface area contributed by atoms with Gasteiger partial charge in [-0.05, 0) is 30.7 Å². The summed E-state index contributed by atoms with van der Waals surface area (Å²) in [4.78, 5) is 25.2. The summed E-state index contributed by atoms with van der Waals surface area (Å²) in [6.07, 6.45) is 0.404. The Bertz CT molecular complexity index is 1030. The van der Waals surface area contributed by atoms with Crippen LogP contribution in [-0.2, 0) is 4.79 Å². The number of nitrogens with zero attached hydrogens (tertiary/aromatic N) is 2. The van der Waals surface area contributed by atoms with E-state index in [1.165, 1.54) is 17.9 Å². The van der Waals surface area contributed by atoms with E-state index in [0.717, 1.165) is 5.56 Å². The van der Waals surface area contributed by atoms with Crippen LogP contribution in [0, 0.1) is 0 Å². The van der Waals surface area contributed by atoms with Crippen molar-refractivity contribution < 1.29 is 9.53 Å². The molecule has 1 atom stereocenters. The van der Waals surface area contributed by atoms with Crippen LogP contribution >= 0.6 is 11.6 Å². The predicted octanol–water partition coefficient (Wildman–Crippen LogP) is 4.16. The second-order valence-electron chi connectivity index (χ2n) is 6.13. The Morgan fingerprint density at radius 3 is 2.57 bits per heavy atom. The molecular weight excluding hydrogens is 378 g/mol. The number of amides is 1. The van der Waals surface area contributed by atoms with Gasteiger partial charge in [0.25, 0.3) is 5.56 Å².